The van der Waals surface area contributed by atoms with Gasteiger partial charge < -0.3 is 15.0 Å². The minimum atomic E-state index is -0.0734. The van der Waals surface area contributed by atoms with Crippen LogP contribution < -0.4 is 10.1 Å². The average Bonchev–Trinajstić information content (AvgIpc) is 3.21. The summed E-state index contributed by atoms with van der Waals surface area (Å²) < 4.78 is 5.79. The number of unbranched alkanes of at least 4 members (excludes halogenated alkanes) is 1. The number of piperidine rings is 1. The van der Waals surface area contributed by atoms with E-state index in [1.165, 1.54) is 37.3 Å². The van der Waals surface area contributed by atoms with Crippen molar-refractivity contribution < 1.29 is 9.53 Å². The molecule has 6 heteroatoms. The highest BCUT2D eigenvalue weighted by molar-refractivity contribution is 7.07. The first kappa shape index (κ1) is 19.8. The molecule has 1 amide bonds. The van der Waals surface area contributed by atoms with E-state index in [1.807, 2.05) is 23.6 Å². The Hall–Kier alpha value is -1.92. The zero-order chi connectivity index (χ0) is 18.9. The molecule has 1 fully saturated rings. The smallest absolute Gasteiger partial charge is 0.255 e. The Kier molecular flexibility index (Phi) is 7.66. The maximum Gasteiger partial charge on any atom is 0.255 e. The number of hydrogen-bond donors (Lipinski definition) is 1. The molecule has 1 N–H and O–H groups in total. The van der Waals surface area contributed by atoms with Crippen LogP contribution in [-0.4, -0.2) is 42.0 Å². The van der Waals surface area contributed by atoms with Crippen molar-refractivity contribution in [3.8, 4) is 5.75 Å². The molecule has 0 aliphatic carbocycles. The van der Waals surface area contributed by atoms with E-state index >= 15 is 0 Å². The molecule has 0 bridgehead atoms. The summed E-state index contributed by atoms with van der Waals surface area (Å²) in [5, 5.41) is 4.98. The van der Waals surface area contributed by atoms with Gasteiger partial charge in [-0.3, -0.25) is 4.79 Å². The van der Waals surface area contributed by atoms with Gasteiger partial charge in [-0.2, -0.15) is 0 Å². The molecule has 1 aliphatic rings. The maximum absolute atomic E-state index is 12.5. The number of amides is 1. The SMILES string of the molecule is CC1CCN(CCCCNC(=O)c2ccccc2OCc2cscn2)CC1. The van der Waals surface area contributed by atoms with Crippen LogP contribution in [0.1, 0.15) is 48.7 Å². The summed E-state index contributed by atoms with van der Waals surface area (Å²) in [4.78, 5) is 19.3. The standard InChI is InChI=1S/C21H29N3O2S/c1-17-8-12-24(13-9-17)11-5-4-10-22-21(25)19-6-2-3-7-20(19)26-14-18-15-27-16-23-18/h2-3,6-7,15-17H,4-5,8-14H2,1H3,(H,22,25). The number of aromatic nitrogens is 1. The fraction of sp³-hybridized carbons (Fsp3) is 0.524. The second-order valence-corrected chi connectivity index (χ2v) is 7.97. The second-order valence-electron chi connectivity index (χ2n) is 7.25. The summed E-state index contributed by atoms with van der Waals surface area (Å²) >= 11 is 1.54. The summed E-state index contributed by atoms with van der Waals surface area (Å²) in [5.41, 5.74) is 3.24. The van der Waals surface area contributed by atoms with E-state index in [9.17, 15) is 4.79 Å². The minimum Gasteiger partial charge on any atom is -0.486 e. The van der Waals surface area contributed by atoms with Crippen molar-refractivity contribution in [1.82, 2.24) is 15.2 Å². The lowest BCUT2D eigenvalue weighted by molar-refractivity contribution is 0.0947. The molecule has 0 saturated carbocycles. The molecule has 5 nitrogen and oxygen atoms in total. The first-order valence-electron chi connectivity index (χ1n) is 9.82. The summed E-state index contributed by atoms with van der Waals surface area (Å²) in [6.45, 7) is 6.99. The van der Waals surface area contributed by atoms with E-state index in [-0.39, 0.29) is 5.91 Å². The van der Waals surface area contributed by atoms with Gasteiger partial charge in [0.2, 0.25) is 0 Å². The van der Waals surface area contributed by atoms with Crippen LogP contribution in [0.2, 0.25) is 0 Å². The van der Waals surface area contributed by atoms with E-state index in [0.717, 1.165) is 31.0 Å². The summed E-state index contributed by atoms with van der Waals surface area (Å²) in [7, 11) is 0. The zero-order valence-electron chi connectivity index (χ0n) is 16.0. The number of ether oxygens (including phenoxy) is 1. The number of thiazole rings is 1. The quantitative estimate of drug-likeness (QED) is 0.662. The number of benzene rings is 1. The monoisotopic (exact) mass is 387 g/mol. The summed E-state index contributed by atoms with van der Waals surface area (Å²) in [6, 6.07) is 7.38. The van der Waals surface area contributed by atoms with Crippen LogP contribution in [-0.2, 0) is 6.61 Å². The third-order valence-corrected chi connectivity index (χ3v) is 5.69. The van der Waals surface area contributed by atoms with Crippen molar-refractivity contribution in [2.75, 3.05) is 26.2 Å². The van der Waals surface area contributed by atoms with Crippen LogP contribution in [0.15, 0.2) is 35.2 Å². The topological polar surface area (TPSA) is 54.5 Å². The van der Waals surface area contributed by atoms with Crippen molar-refractivity contribution in [3.63, 3.8) is 0 Å². The molecule has 0 radical (unpaired) electrons. The number of nitrogens with one attached hydrogen (secondary N) is 1. The average molecular weight is 388 g/mol. The van der Waals surface area contributed by atoms with Crippen molar-refractivity contribution >= 4 is 17.2 Å². The molecular weight excluding hydrogens is 358 g/mol. The third-order valence-electron chi connectivity index (χ3n) is 5.05. The fourth-order valence-corrected chi connectivity index (χ4v) is 3.83. The Morgan fingerprint density at radius 3 is 2.89 bits per heavy atom. The molecule has 1 aromatic heterocycles. The van der Waals surface area contributed by atoms with Gasteiger partial charge in [0.05, 0.1) is 16.8 Å². The Labute approximate surface area is 165 Å². The summed E-state index contributed by atoms with van der Waals surface area (Å²) in [6.07, 6.45) is 4.75. The first-order valence-corrected chi connectivity index (χ1v) is 10.8. The van der Waals surface area contributed by atoms with Crippen LogP contribution in [0.5, 0.6) is 5.75 Å². The second kappa shape index (κ2) is 10.4. The number of nitrogens with zero attached hydrogens (tertiary/aromatic N) is 2. The van der Waals surface area contributed by atoms with Gasteiger partial charge in [0, 0.05) is 11.9 Å². The lowest BCUT2D eigenvalue weighted by atomic mass is 9.99. The van der Waals surface area contributed by atoms with E-state index < -0.39 is 0 Å². The van der Waals surface area contributed by atoms with Crippen molar-refractivity contribution in [2.45, 2.75) is 39.2 Å². The molecule has 0 spiro atoms. The molecule has 0 atom stereocenters. The molecule has 27 heavy (non-hydrogen) atoms. The van der Waals surface area contributed by atoms with Crippen LogP contribution in [0.25, 0.3) is 0 Å². The van der Waals surface area contributed by atoms with Gasteiger partial charge in [-0.05, 0) is 63.4 Å². The maximum atomic E-state index is 12.5. The normalized spacial score (nSPS) is 15.6. The van der Waals surface area contributed by atoms with Crippen LogP contribution in [0.3, 0.4) is 0 Å². The molecule has 1 aliphatic heterocycles. The van der Waals surface area contributed by atoms with Crippen molar-refractivity contribution in [3.05, 3.63) is 46.4 Å². The largest absolute Gasteiger partial charge is 0.486 e. The van der Waals surface area contributed by atoms with Gasteiger partial charge in [0.25, 0.3) is 5.91 Å². The van der Waals surface area contributed by atoms with Gasteiger partial charge in [0.1, 0.15) is 12.4 Å². The molecular formula is C21H29N3O2S. The number of carbonyl (C=O) groups excluding carboxylic acids is 1. The molecule has 2 heterocycles. The molecule has 1 saturated heterocycles. The van der Waals surface area contributed by atoms with Crippen LogP contribution in [0, 0.1) is 5.92 Å². The summed E-state index contributed by atoms with van der Waals surface area (Å²) in [5.74, 6) is 1.40. The Balaban J connectivity index is 1.39. The Bertz CT molecular complexity index is 697. The van der Waals surface area contributed by atoms with E-state index in [2.05, 4.69) is 22.1 Å². The predicted octanol–water partition coefficient (Wildman–Crippen LogP) is 3.96. The molecule has 2 aromatic rings. The highest BCUT2D eigenvalue weighted by Gasteiger charge is 2.15. The van der Waals surface area contributed by atoms with Crippen LogP contribution in [0.4, 0.5) is 0 Å². The zero-order valence-corrected chi connectivity index (χ0v) is 16.8. The van der Waals surface area contributed by atoms with Gasteiger partial charge in [0.15, 0.2) is 0 Å². The molecule has 3 rings (SSSR count). The van der Waals surface area contributed by atoms with E-state index in [1.54, 1.807) is 11.6 Å². The van der Waals surface area contributed by atoms with Crippen LogP contribution >= 0.6 is 11.3 Å². The van der Waals surface area contributed by atoms with E-state index in [4.69, 9.17) is 4.74 Å². The van der Waals surface area contributed by atoms with E-state index in [0.29, 0.717) is 24.5 Å². The molecule has 146 valence electrons. The Morgan fingerprint density at radius 2 is 2.11 bits per heavy atom. The highest BCUT2D eigenvalue weighted by Crippen LogP contribution is 2.19. The van der Waals surface area contributed by atoms with Crippen molar-refractivity contribution in [2.24, 2.45) is 5.92 Å². The predicted molar refractivity (Wildman–Crippen MR) is 109 cm³/mol. The number of likely N-dealkylation sites (tertiary alicyclic amines) is 1. The highest BCUT2D eigenvalue weighted by atomic mass is 32.1. The lowest BCUT2D eigenvalue weighted by Crippen LogP contribution is -2.34. The number of carbonyl (C=O) groups is 1. The fourth-order valence-electron chi connectivity index (χ4n) is 3.28. The molecule has 1 aromatic carbocycles. The van der Waals surface area contributed by atoms with Gasteiger partial charge in [-0.15, -0.1) is 11.3 Å². The number of hydrogen-bond acceptors (Lipinski definition) is 5. The van der Waals surface area contributed by atoms with Crippen molar-refractivity contribution in [1.29, 1.82) is 0 Å². The molecule has 0 unspecified atom stereocenters. The third kappa shape index (κ3) is 6.33. The number of para-hydroxylation sites is 1. The minimum absolute atomic E-state index is 0.0734. The first-order chi connectivity index (χ1) is 13.2. The van der Waals surface area contributed by atoms with Gasteiger partial charge in [-0.25, -0.2) is 4.98 Å². The number of rotatable bonds is 9. The lowest BCUT2D eigenvalue weighted by Gasteiger charge is -2.30. The Morgan fingerprint density at radius 1 is 1.30 bits per heavy atom. The van der Waals surface area contributed by atoms with Gasteiger partial charge in [-0.1, -0.05) is 19.1 Å². The van der Waals surface area contributed by atoms with Gasteiger partial charge >= 0.3 is 0 Å².